The summed E-state index contributed by atoms with van der Waals surface area (Å²) in [6.07, 6.45) is 0.798. The van der Waals surface area contributed by atoms with Gasteiger partial charge in [0.25, 0.3) is 5.56 Å². The minimum Gasteiger partial charge on any atom is -0.352 e. The van der Waals surface area contributed by atoms with Gasteiger partial charge in [-0.15, -0.1) is 0 Å². The van der Waals surface area contributed by atoms with E-state index in [1.165, 1.54) is 16.7 Å². The molecule has 2 aromatic rings. The summed E-state index contributed by atoms with van der Waals surface area (Å²) in [5, 5.41) is 5.82. The summed E-state index contributed by atoms with van der Waals surface area (Å²) in [6, 6.07) is 5.91. The molecule has 2 rings (SSSR count). The van der Waals surface area contributed by atoms with E-state index in [-0.39, 0.29) is 35.8 Å². The van der Waals surface area contributed by atoms with Gasteiger partial charge in [-0.25, -0.2) is 9.37 Å². The Labute approximate surface area is 146 Å². The van der Waals surface area contributed by atoms with Crippen molar-refractivity contribution >= 4 is 17.5 Å². The van der Waals surface area contributed by atoms with Gasteiger partial charge in [0, 0.05) is 23.5 Å². The van der Waals surface area contributed by atoms with Crippen LogP contribution in [0.4, 0.5) is 16.0 Å². The number of rotatable bonds is 6. The Bertz CT molecular complexity index is 832. The SMILES string of the molecule is CC[C@@H](C)NC(=O)Cn1c(Nc2ccc(F)c(C)c2)nc(C)cc1=O. The number of aryl methyl sites for hydroxylation is 2. The first-order chi connectivity index (χ1) is 11.8. The van der Waals surface area contributed by atoms with E-state index in [0.29, 0.717) is 16.9 Å². The standard InChI is InChI=1S/C18H23FN4O2/c1-5-12(3)20-16(24)10-23-17(25)9-13(4)21-18(23)22-14-6-7-15(19)11(2)8-14/h6-9,12H,5,10H2,1-4H3,(H,20,24)(H,21,22)/t12-/m1/s1. The lowest BCUT2D eigenvalue weighted by Crippen LogP contribution is -2.37. The third-order valence-electron chi connectivity index (χ3n) is 3.87. The monoisotopic (exact) mass is 346 g/mol. The van der Waals surface area contributed by atoms with E-state index in [4.69, 9.17) is 0 Å². The zero-order valence-electron chi connectivity index (χ0n) is 14.9. The van der Waals surface area contributed by atoms with Gasteiger partial charge >= 0.3 is 0 Å². The zero-order chi connectivity index (χ0) is 18.6. The molecule has 0 aliphatic rings. The summed E-state index contributed by atoms with van der Waals surface area (Å²) < 4.78 is 14.7. The van der Waals surface area contributed by atoms with E-state index in [2.05, 4.69) is 15.6 Å². The molecule has 134 valence electrons. The maximum Gasteiger partial charge on any atom is 0.255 e. The van der Waals surface area contributed by atoms with Gasteiger partial charge in [-0.05, 0) is 51.0 Å². The lowest BCUT2D eigenvalue weighted by molar-refractivity contribution is -0.122. The number of nitrogens with one attached hydrogen (secondary N) is 2. The number of nitrogens with zero attached hydrogens (tertiary/aromatic N) is 2. The van der Waals surface area contributed by atoms with Gasteiger partial charge in [-0.2, -0.15) is 0 Å². The maximum atomic E-state index is 13.4. The van der Waals surface area contributed by atoms with Crippen LogP contribution in [0, 0.1) is 19.7 Å². The number of anilines is 2. The lowest BCUT2D eigenvalue weighted by Gasteiger charge is -2.16. The smallest absolute Gasteiger partial charge is 0.255 e. The predicted molar refractivity (Wildman–Crippen MR) is 95.5 cm³/mol. The van der Waals surface area contributed by atoms with Crippen molar-refractivity contribution in [3.05, 3.63) is 51.7 Å². The Hall–Kier alpha value is -2.70. The minimum atomic E-state index is -0.326. The Morgan fingerprint density at radius 1 is 1.32 bits per heavy atom. The Balaban J connectivity index is 2.32. The second-order valence-electron chi connectivity index (χ2n) is 6.11. The van der Waals surface area contributed by atoms with Crippen molar-refractivity contribution in [1.82, 2.24) is 14.9 Å². The second kappa shape index (κ2) is 7.92. The fraction of sp³-hybridized carbons (Fsp3) is 0.389. The number of amides is 1. The van der Waals surface area contributed by atoms with Crippen LogP contribution in [0.5, 0.6) is 0 Å². The molecule has 1 heterocycles. The molecular weight excluding hydrogens is 323 g/mol. The van der Waals surface area contributed by atoms with Gasteiger partial charge in [0.1, 0.15) is 12.4 Å². The van der Waals surface area contributed by atoms with Gasteiger partial charge in [0.2, 0.25) is 11.9 Å². The molecule has 2 N–H and O–H groups in total. The van der Waals surface area contributed by atoms with Crippen molar-refractivity contribution in [1.29, 1.82) is 0 Å². The Morgan fingerprint density at radius 3 is 2.68 bits per heavy atom. The highest BCUT2D eigenvalue weighted by Gasteiger charge is 2.13. The van der Waals surface area contributed by atoms with Crippen molar-refractivity contribution in [2.75, 3.05) is 5.32 Å². The Kier molecular flexibility index (Phi) is 5.90. The number of hydrogen-bond acceptors (Lipinski definition) is 4. The fourth-order valence-corrected chi connectivity index (χ4v) is 2.29. The third kappa shape index (κ3) is 4.89. The predicted octanol–water partition coefficient (Wildman–Crippen LogP) is 2.66. The van der Waals surface area contributed by atoms with Crippen LogP contribution in [-0.4, -0.2) is 21.5 Å². The highest BCUT2D eigenvalue weighted by molar-refractivity contribution is 5.76. The normalized spacial score (nSPS) is 11.9. The highest BCUT2D eigenvalue weighted by atomic mass is 19.1. The molecule has 0 aliphatic heterocycles. The summed E-state index contributed by atoms with van der Waals surface area (Å²) in [5.41, 5.74) is 1.27. The first-order valence-electron chi connectivity index (χ1n) is 8.21. The van der Waals surface area contributed by atoms with Crippen LogP contribution >= 0.6 is 0 Å². The lowest BCUT2D eigenvalue weighted by atomic mass is 10.2. The van der Waals surface area contributed by atoms with Crippen molar-refractivity contribution in [2.24, 2.45) is 0 Å². The minimum absolute atomic E-state index is 0.0257. The quantitative estimate of drug-likeness (QED) is 0.843. The van der Waals surface area contributed by atoms with Gasteiger partial charge in [-0.3, -0.25) is 14.2 Å². The van der Waals surface area contributed by atoms with Gasteiger partial charge in [0.15, 0.2) is 0 Å². The molecule has 7 heteroatoms. The first-order valence-corrected chi connectivity index (χ1v) is 8.21. The number of hydrogen-bond donors (Lipinski definition) is 2. The molecule has 1 atom stereocenters. The maximum absolute atomic E-state index is 13.4. The van der Waals surface area contributed by atoms with E-state index in [9.17, 15) is 14.0 Å². The van der Waals surface area contributed by atoms with Crippen LogP contribution in [0.2, 0.25) is 0 Å². The molecule has 0 bridgehead atoms. The van der Waals surface area contributed by atoms with Crippen LogP contribution < -0.4 is 16.2 Å². The highest BCUT2D eigenvalue weighted by Crippen LogP contribution is 2.17. The van der Waals surface area contributed by atoms with Crippen LogP contribution in [0.25, 0.3) is 0 Å². The molecule has 1 aromatic carbocycles. The van der Waals surface area contributed by atoms with Crippen molar-refractivity contribution < 1.29 is 9.18 Å². The third-order valence-corrected chi connectivity index (χ3v) is 3.87. The molecule has 0 aliphatic carbocycles. The average Bonchev–Trinajstić information content (AvgIpc) is 2.54. The van der Waals surface area contributed by atoms with Crippen LogP contribution in [-0.2, 0) is 11.3 Å². The molecule has 1 amide bonds. The van der Waals surface area contributed by atoms with Crippen LogP contribution in [0.3, 0.4) is 0 Å². The van der Waals surface area contributed by atoms with E-state index in [1.54, 1.807) is 26.0 Å². The Morgan fingerprint density at radius 2 is 2.04 bits per heavy atom. The summed E-state index contributed by atoms with van der Waals surface area (Å²) >= 11 is 0. The molecule has 0 spiro atoms. The second-order valence-corrected chi connectivity index (χ2v) is 6.11. The topological polar surface area (TPSA) is 76.0 Å². The van der Waals surface area contributed by atoms with Crippen molar-refractivity contribution in [3.63, 3.8) is 0 Å². The van der Waals surface area contributed by atoms with E-state index in [1.807, 2.05) is 13.8 Å². The number of halogens is 1. The fourth-order valence-electron chi connectivity index (χ4n) is 2.29. The summed E-state index contributed by atoms with van der Waals surface area (Å²) in [4.78, 5) is 28.8. The van der Waals surface area contributed by atoms with Gasteiger partial charge in [0.05, 0.1) is 0 Å². The molecule has 1 aromatic heterocycles. The molecule has 0 saturated carbocycles. The molecule has 25 heavy (non-hydrogen) atoms. The molecule has 0 unspecified atom stereocenters. The molecule has 0 fully saturated rings. The number of benzene rings is 1. The van der Waals surface area contributed by atoms with E-state index < -0.39 is 0 Å². The largest absolute Gasteiger partial charge is 0.352 e. The zero-order valence-corrected chi connectivity index (χ0v) is 14.9. The molecule has 0 saturated heterocycles. The van der Waals surface area contributed by atoms with Gasteiger partial charge < -0.3 is 10.6 Å². The molecule has 6 nitrogen and oxygen atoms in total. The van der Waals surface area contributed by atoms with Crippen LogP contribution in [0.15, 0.2) is 29.1 Å². The average molecular weight is 346 g/mol. The summed E-state index contributed by atoms with van der Waals surface area (Å²) in [7, 11) is 0. The number of carbonyl (C=O) groups is 1. The number of aromatic nitrogens is 2. The summed E-state index contributed by atoms with van der Waals surface area (Å²) in [6.45, 7) is 7.07. The summed E-state index contributed by atoms with van der Waals surface area (Å²) in [5.74, 6) is -0.330. The van der Waals surface area contributed by atoms with E-state index >= 15 is 0 Å². The number of carbonyl (C=O) groups excluding carboxylic acids is 1. The van der Waals surface area contributed by atoms with E-state index in [0.717, 1.165) is 6.42 Å². The van der Waals surface area contributed by atoms with Crippen molar-refractivity contribution in [2.45, 2.75) is 46.7 Å². The van der Waals surface area contributed by atoms with Crippen molar-refractivity contribution in [3.8, 4) is 0 Å². The molecular formula is C18H23FN4O2. The van der Waals surface area contributed by atoms with Crippen LogP contribution in [0.1, 0.15) is 31.5 Å². The van der Waals surface area contributed by atoms with Gasteiger partial charge in [-0.1, -0.05) is 6.92 Å². The molecule has 0 radical (unpaired) electrons. The first kappa shape index (κ1) is 18.6.